The van der Waals surface area contributed by atoms with Crippen molar-refractivity contribution in [2.45, 2.75) is 137 Å². The molecule has 1 unspecified atom stereocenters. The lowest BCUT2D eigenvalue weighted by molar-refractivity contribution is 0.259. The van der Waals surface area contributed by atoms with Crippen LogP contribution in [-0.4, -0.2) is 85.8 Å². The van der Waals surface area contributed by atoms with Gasteiger partial charge in [0.05, 0.1) is 0 Å². The summed E-state index contributed by atoms with van der Waals surface area (Å²) in [5.41, 5.74) is 0. The smallest absolute Gasteiger partial charge is 0.314 e. The van der Waals surface area contributed by atoms with Crippen LogP contribution in [0.5, 0.6) is 0 Å². The molecule has 0 saturated carbocycles. The molecule has 0 aromatic heterocycles. The quantitative estimate of drug-likeness (QED) is 0.132. The summed E-state index contributed by atoms with van der Waals surface area (Å²) in [6.07, 6.45) is 0. The zero-order valence-corrected chi connectivity index (χ0v) is 39.9. The topological polar surface area (TPSA) is 83.1 Å². The monoisotopic (exact) mass is 740 g/mol. The Morgan fingerprint density at radius 3 is 0.725 bits per heavy atom. The van der Waals surface area contributed by atoms with E-state index in [1.165, 1.54) is 0 Å². The lowest BCUT2D eigenvalue weighted by atomic mass is 11.8. The van der Waals surface area contributed by atoms with Crippen LogP contribution in [0.1, 0.15) is 0 Å². The van der Waals surface area contributed by atoms with Crippen LogP contribution in [0.4, 0.5) is 0 Å². The van der Waals surface area contributed by atoms with E-state index < -0.39 is 85.8 Å². The fraction of sp³-hybridized carbons (Fsp3) is 1.00. The van der Waals surface area contributed by atoms with E-state index in [0.29, 0.717) is 0 Å². The predicted octanol–water partition coefficient (Wildman–Crippen LogP) is 7.57. The van der Waals surface area contributed by atoms with Crippen LogP contribution in [0.3, 0.4) is 0 Å². The molecule has 40 heavy (non-hydrogen) atoms. The van der Waals surface area contributed by atoms with Crippen LogP contribution >= 0.6 is 0 Å². The summed E-state index contributed by atoms with van der Waals surface area (Å²) in [6.45, 7) is 44.4. The minimum atomic E-state index is -2.62. The minimum Gasteiger partial charge on any atom is -0.439 e. The van der Waals surface area contributed by atoms with Crippen molar-refractivity contribution in [2.24, 2.45) is 0 Å². The van der Waals surface area contributed by atoms with Gasteiger partial charge in [0.25, 0.3) is 9.28 Å². The highest BCUT2D eigenvalue weighted by Gasteiger charge is 2.49. The maximum absolute atomic E-state index is 6.71. The second-order valence-electron chi connectivity index (χ2n) is 15.5. The van der Waals surface area contributed by atoms with E-state index in [9.17, 15) is 0 Å². The number of hydrogen-bond acceptors (Lipinski definition) is 9. The zero-order chi connectivity index (χ0) is 32.4. The summed E-state index contributed by atoms with van der Waals surface area (Å²) in [5.74, 6) is 0. The number of hydrogen-bond donors (Lipinski definition) is 0. The van der Waals surface area contributed by atoms with Gasteiger partial charge in [-0.2, -0.15) is 0 Å². The molecule has 0 aliphatic carbocycles. The third kappa shape index (κ3) is 20.7. The highest BCUT2D eigenvalue weighted by atomic mass is 28.5. The van der Waals surface area contributed by atoms with Crippen molar-refractivity contribution in [2.75, 3.05) is 0 Å². The average molecular weight is 742 g/mol. The maximum Gasteiger partial charge on any atom is 0.314 e. The van der Waals surface area contributed by atoms with Gasteiger partial charge in [-0.25, -0.2) is 0 Å². The predicted molar refractivity (Wildman–Crippen MR) is 192 cm³/mol. The second-order valence-corrected chi connectivity index (χ2v) is 52.3. The van der Waals surface area contributed by atoms with Crippen LogP contribution in [0.25, 0.3) is 0 Å². The van der Waals surface area contributed by atoms with Gasteiger partial charge in [0.1, 0.15) is 0 Å². The Kier molecular flexibility index (Phi) is 14.7. The lowest BCUT2D eigenvalue weighted by Crippen LogP contribution is -2.61. The highest BCUT2D eigenvalue weighted by Crippen LogP contribution is 2.29. The Hall–Kier alpha value is 1.81. The van der Waals surface area contributed by atoms with Crippen LogP contribution in [0.15, 0.2) is 0 Å². The Morgan fingerprint density at radius 2 is 0.500 bits per heavy atom. The van der Waals surface area contributed by atoms with Crippen molar-refractivity contribution in [3.8, 4) is 0 Å². The van der Waals surface area contributed by atoms with Gasteiger partial charge in [-0.3, -0.25) is 0 Å². The average Bonchev–Trinajstić information content (AvgIpc) is 2.39. The molecule has 0 aliphatic heterocycles. The molecule has 0 rings (SSSR count). The van der Waals surface area contributed by atoms with Gasteiger partial charge in [-0.1, -0.05) is 0 Å². The van der Waals surface area contributed by atoms with Gasteiger partial charge in [0.2, 0.25) is 0 Å². The van der Waals surface area contributed by atoms with Crippen molar-refractivity contribution in [1.82, 2.24) is 0 Å². The third-order valence-corrected chi connectivity index (χ3v) is 40.2. The Labute approximate surface area is 259 Å². The van der Waals surface area contributed by atoms with Crippen LogP contribution in [0, 0.1) is 0 Å². The van der Waals surface area contributed by atoms with E-state index >= 15 is 0 Å². The molecule has 0 heterocycles. The fourth-order valence-corrected chi connectivity index (χ4v) is 51.4. The first-order chi connectivity index (χ1) is 17.1. The van der Waals surface area contributed by atoms with Gasteiger partial charge in [-0.15, -0.1) is 0 Å². The number of rotatable bonds is 18. The van der Waals surface area contributed by atoms with Gasteiger partial charge in [0, 0.05) is 0 Å². The molecular formula is C21H64O9Si10. The highest BCUT2D eigenvalue weighted by molar-refractivity contribution is 6.92. The fourth-order valence-electron chi connectivity index (χ4n) is 5.36. The Bertz CT molecular complexity index is 810. The molecular weight excluding hydrogens is 677 g/mol. The van der Waals surface area contributed by atoms with Crippen molar-refractivity contribution >= 4 is 85.8 Å². The molecule has 0 aromatic rings. The Morgan fingerprint density at radius 1 is 0.275 bits per heavy atom. The summed E-state index contributed by atoms with van der Waals surface area (Å²) < 4.78 is 59.0. The lowest BCUT2D eigenvalue weighted by Gasteiger charge is -2.44. The van der Waals surface area contributed by atoms with E-state index in [1.807, 2.05) is 0 Å². The van der Waals surface area contributed by atoms with Crippen molar-refractivity contribution in [3.63, 3.8) is 0 Å². The van der Waals surface area contributed by atoms with E-state index in [2.05, 4.69) is 137 Å². The van der Waals surface area contributed by atoms with Gasteiger partial charge in [-0.05, 0) is 137 Å². The molecule has 0 bridgehead atoms. The summed E-state index contributed by atoms with van der Waals surface area (Å²) in [5, 5.41) is 0. The second kappa shape index (κ2) is 14.1. The summed E-state index contributed by atoms with van der Waals surface area (Å²) in [7, 11) is -22.8. The van der Waals surface area contributed by atoms with E-state index in [4.69, 9.17) is 37.0 Å². The minimum absolute atomic E-state index is 1.65. The third-order valence-electron chi connectivity index (χ3n) is 4.47. The SMILES string of the molecule is C[SiH](O[Si](C)(C)C)O[Si](C)(C)O[Si](C)(C)O[Si](C)(C)O[Si](C)(C)O[Si](C)(C)O[Si](C)(C)O[Si](C)(C)O[Si](C)(C)C. The van der Waals surface area contributed by atoms with Crippen molar-refractivity contribution in [1.29, 1.82) is 0 Å². The molecule has 9 nitrogen and oxygen atoms in total. The van der Waals surface area contributed by atoms with E-state index in [-0.39, 0.29) is 0 Å². The molecule has 242 valence electrons. The van der Waals surface area contributed by atoms with Crippen molar-refractivity contribution < 1.29 is 37.0 Å². The maximum atomic E-state index is 6.71. The molecule has 0 amide bonds. The first-order valence-electron chi connectivity index (χ1n) is 14.3. The molecule has 0 fully saturated rings. The largest absolute Gasteiger partial charge is 0.439 e. The molecule has 0 radical (unpaired) electrons. The molecule has 0 N–H and O–H groups in total. The summed E-state index contributed by atoms with van der Waals surface area (Å²) in [6, 6.07) is 0. The van der Waals surface area contributed by atoms with Gasteiger partial charge < -0.3 is 37.0 Å². The van der Waals surface area contributed by atoms with Crippen molar-refractivity contribution in [3.05, 3.63) is 0 Å². The normalized spacial score (nSPS) is 16.4. The molecule has 0 saturated heterocycles. The first kappa shape index (κ1) is 41.8. The molecule has 19 heteroatoms. The van der Waals surface area contributed by atoms with E-state index in [0.717, 1.165) is 0 Å². The zero-order valence-electron chi connectivity index (χ0n) is 29.8. The van der Waals surface area contributed by atoms with Crippen LogP contribution in [-0.2, 0) is 37.0 Å². The summed E-state index contributed by atoms with van der Waals surface area (Å²) in [4.78, 5) is 0. The van der Waals surface area contributed by atoms with Gasteiger partial charge >= 0.3 is 59.9 Å². The van der Waals surface area contributed by atoms with Crippen LogP contribution in [0.2, 0.25) is 137 Å². The molecule has 0 aliphatic rings. The molecule has 0 aromatic carbocycles. The summed E-state index contributed by atoms with van der Waals surface area (Å²) >= 11 is 0. The Balaban J connectivity index is 5.35. The van der Waals surface area contributed by atoms with E-state index in [1.54, 1.807) is 0 Å². The van der Waals surface area contributed by atoms with Gasteiger partial charge in [0.15, 0.2) is 16.6 Å². The molecule has 1 atom stereocenters. The standard InChI is InChI=1S/C21H64O9Si10/c1-31(22-32(2,3)4)23-34(8,9)25-36(12,13)27-38(16,17)29-40(20,21)30-39(18,19)28-37(14,15)26-35(10,11)24-33(5,6)7/h31H,1-21H3. The van der Waals surface area contributed by atoms with Crippen LogP contribution < -0.4 is 0 Å². The first-order valence-corrected chi connectivity index (χ1v) is 42.9. The molecule has 0 spiro atoms.